The van der Waals surface area contributed by atoms with Crippen molar-refractivity contribution >= 4 is 5.91 Å². The Morgan fingerprint density at radius 1 is 1.31 bits per heavy atom. The Hall–Kier alpha value is -0.610. The summed E-state index contributed by atoms with van der Waals surface area (Å²) < 4.78 is 5.52. The quantitative estimate of drug-likeness (QED) is 0.706. The summed E-state index contributed by atoms with van der Waals surface area (Å²) in [7, 11) is 0. The van der Waals surface area contributed by atoms with E-state index in [1.807, 2.05) is 0 Å². The van der Waals surface area contributed by atoms with E-state index in [9.17, 15) is 4.79 Å². The third-order valence-electron chi connectivity index (χ3n) is 4.05. The van der Waals surface area contributed by atoms with Gasteiger partial charge in [0.25, 0.3) is 0 Å². The SMILES string of the molecule is O=C1COCC2(CCCNCC2)N1C1CC1. The zero-order valence-electron chi connectivity index (χ0n) is 9.71. The van der Waals surface area contributed by atoms with E-state index in [4.69, 9.17) is 4.74 Å². The van der Waals surface area contributed by atoms with Crippen molar-refractivity contribution in [3.8, 4) is 0 Å². The first-order chi connectivity index (χ1) is 7.82. The average molecular weight is 224 g/mol. The molecule has 1 unspecified atom stereocenters. The summed E-state index contributed by atoms with van der Waals surface area (Å²) >= 11 is 0. The number of carbonyl (C=O) groups is 1. The van der Waals surface area contributed by atoms with E-state index < -0.39 is 0 Å². The lowest BCUT2D eigenvalue weighted by Gasteiger charge is -2.47. The molecule has 1 amide bonds. The van der Waals surface area contributed by atoms with Crippen molar-refractivity contribution in [3.63, 3.8) is 0 Å². The predicted molar refractivity (Wildman–Crippen MR) is 60.1 cm³/mol. The van der Waals surface area contributed by atoms with E-state index in [-0.39, 0.29) is 11.4 Å². The van der Waals surface area contributed by atoms with Gasteiger partial charge in [0, 0.05) is 6.04 Å². The van der Waals surface area contributed by atoms with Crippen LogP contribution in [0.1, 0.15) is 32.1 Å². The van der Waals surface area contributed by atoms with Crippen LogP contribution in [-0.4, -0.2) is 48.7 Å². The van der Waals surface area contributed by atoms with E-state index in [1.165, 1.54) is 12.8 Å². The van der Waals surface area contributed by atoms with Gasteiger partial charge in [-0.1, -0.05) is 0 Å². The number of ether oxygens (including phenoxy) is 1. The van der Waals surface area contributed by atoms with Crippen molar-refractivity contribution in [2.45, 2.75) is 43.7 Å². The van der Waals surface area contributed by atoms with Crippen molar-refractivity contribution in [2.75, 3.05) is 26.3 Å². The first-order valence-electron chi connectivity index (χ1n) is 6.42. The highest BCUT2D eigenvalue weighted by Gasteiger charge is 2.49. The maximum absolute atomic E-state index is 12.0. The first kappa shape index (κ1) is 10.5. The van der Waals surface area contributed by atoms with Crippen LogP contribution < -0.4 is 5.32 Å². The highest BCUT2D eigenvalue weighted by Crippen LogP contribution is 2.39. The molecular formula is C12H20N2O2. The molecule has 3 fully saturated rings. The molecule has 3 rings (SSSR count). The fraction of sp³-hybridized carbons (Fsp3) is 0.917. The van der Waals surface area contributed by atoms with E-state index in [2.05, 4.69) is 10.2 Å². The van der Waals surface area contributed by atoms with Gasteiger partial charge >= 0.3 is 0 Å². The Labute approximate surface area is 96.3 Å². The molecule has 2 aliphatic heterocycles. The molecule has 1 aliphatic carbocycles. The number of nitrogens with zero attached hydrogens (tertiary/aromatic N) is 1. The molecule has 1 N–H and O–H groups in total. The highest BCUT2D eigenvalue weighted by atomic mass is 16.5. The van der Waals surface area contributed by atoms with Gasteiger partial charge < -0.3 is 15.0 Å². The second-order valence-corrected chi connectivity index (χ2v) is 5.32. The minimum atomic E-state index is 0.0139. The van der Waals surface area contributed by atoms with Gasteiger partial charge in [-0.15, -0.1) is 0 Å². The molecular weight excluding hydrogens is 204 g/mol. The second-order valence-electron chi connectivity index (χ2n) is 5.32. The minimum absolute atomic E-state index is 0.0139. The third kappa shape index (κ3) is 1.74. The lowest BCUT2D eigenvalue weighted by atomic mass is 9.87. The number of carbonyl (C=O) groups excluding carboxylic acids is 1. The molecule has 0 radical (unpaired) electrons. The summed E-state index contributed by atoms with van der Waals surface area (Å²) in [4.78, 5) is 14.2. The molecule has 4 nitrogen and oxygen atoms in total. The van der Waals surface area contributed by atoms with Crippen molar-refractivity contribution in [3.05, 3.63) is 0 Å². The summed E-state index contributed by atoms with van der Waals surface area (Å²) in [6.07, 6.45) is 5.69. The summed E-state index contributed by atoms with van der Waals surface area (Å²) in [6.45, 7) is 3.14. The Morgan fingerprint density at radius 3 is 3.00 bits per heavy atom. The topological polar surface area (TPSA) is 41.6 Å². The summed E-state index contributed by atoms with van der Waals surface area (Å²) in [5, 5.41) is 3.42. The third-order valence-corrected chi connectivity index (χ3v) is 4.05. The molecule has 0 aromatic rings. The Kier molecular flexibility index (Phi) is 2.64. The normalized spacial score (nSPS) is 36.5. The lowest BCUT2D eigenvalue weighted by Crippen LogP contribution is -2.60. The molecule has 2 saturated heterocycles. The molecule has 0 aromatic heterocycles. The molecule has 0 aromatic carbocycles. The molecule has 16 heavy (non-hydrogen) atoms. The molecule has 1 spiro atoms. The largest absolute Gasteiger partial charge is 0.369 e. The Balaban J connectivity index is 1.85. The van der Waals surface area contributed by atoms with Crippen molar-refractivity contribution in [1.82, 2.24) is 10.2 Å². The van der Waals surface area contributed by atoms with Gasteiger partial charge in [0.1, 0.15) is 6.61 Å². The number of hydrogen-bond donors (Lipinski definition) is 1. The number of morpholine rings is 1. The zero-order valence-corrected chi connectivity index (χ0v) is 9.71. The molecule has 2 heterocycles. The summed E-state index contributed by atoms with van der Waals surface area (Å²) in [5.74, 6) is 0.218. The van der Waals surface area contributed by atoms with E-state index in [0.717, 1.165) is 39.0 Å². The second kappa shape index (κ2) is 4.00. The maximum atomic E-state index is 12.0. The molecule has 3 aliphatic rings. The molecule has 0 bridgehead atoms. The molecule has 4 heteroatoms. The number of hydrogen-bond acceptors (Lipinski definition) is 3. The van der Waals surface area contributed by atoms with Crippen LogP contribution in [0.25, 0.3) is 0 Å². The molecule has 1 atom stereocenters. The monoisotopic (exact) mass is 224 g/mol. The van der Waals surface area contributed by atoms with Gasteiger partial charge in [-0.2, -0.15) is 0 Å². The van der Waals surface area contributed by atoms with Crippen molar-refractivity contribution in [1.29, 1.82) is 0 Å². The van der Waals surface area contributed by atoms with Crippen LogP contribution in [0.2, 0.25) is 0 Å². The van der Waals surface area contributed by atoms with Gasteiger partial charge in [-0.25, -0.2) is 0 Å². The highest BCUT2D eigenvalue weighted by molar-refractivity contribution is 5.79. The predicted octanol–water partition coefficient (Wildman–Crippen LogP) is 0.520. The van der Waals surface area contributed by atoms with Crippen molar-refractivity contribution < 1.29 is 9.53 Å². The van der Waals surface area contributed by atoms with Crippen LogP contribution in [0.4, 0.5) is 0 Å². The molecule has 1 saturated carbocycles. The van der Waals surface area contributed by atoms with Crippen LogP contribution in [0.3, 0.4) is 0 Å². The van der Waals surface area contributed by atoms with Crippen LogP contribution in [0.5, 0.6) is 0 Å². The van der Waals surface area contributed by atoms with E-state index in [1.54, 1.807) is 0 Å². The van der Waals surface area contributed by atoms with E-state index >= 15 is 0 Å². The summed E-state index contributed by atoms with van der Waals surface area (Å²) in [6, 6.07) is 0.523. The van der Waals surface area contributed by atoms with Gasteiger partial charge in [0.15, 0.2) is 0 Å². The lowest BCUT2D eigenvalue weighted by molar-refractivity contribution is -0.160. The average Bonchev–Trinajstić information content (AvgIpc) is 3.07. The van der Waals surface area contributed by atoms with Gasteiger partial charge in [-0.3, -0.25) is 4.79 Å². The number of rotatable bonds is 1. The van der Waals surface area contributed by atoms with Crippen LogP contribution >= 0.6 is 0 Å². The van der Waals surface area contributed by atoms with Crippen LogP contribution in [0.15, 0.2) is 0 Å². The standard InChI is InChI=1S/C12H20N2O2/c15-11-8-16-9-12(14(11)10-2-3-10)4-1-6-13-7-5-12/h10,13H,1-9H2. The Bertz CT molecular complexity index is 281. The number of amides is 1. The fourth-order valence-corrected chi connectivity index (χ4v) is 3.15. The van der Waals surface area contributed by atoms with Gasteiger partial charge in [-0.05, 0) is 45.2 Å². The van der Waals surface area contributed by atoms with Gasteiger partial charge in [0.2, 0.25) is 5.91 Å². The smallest absolute Gasteiger partial charge is 0.249 e. The molecule has 90 valence electrons. The summed E-state index contributed by atoms with van der Waals surface area (Å²) in [5.41, 5.74) is 0.0139. The zero-order chi connectivity index (χ0) is 11.0. The van der Waals surface area contributed by atoms with Gasteiger partial charge in [0.05, 0.1) is 12.1 Å². The van der Waals surface area contributed by atoms with Crippen LogP contribution in [-0.2, 0) is 9.53 Å². The minimum Gasteiger partial charge on any atom is -0.369 e. The van der Waals surface area contributed by atoms with E-state index in [0.29, 0.717) is 12.6 Å². The van der Waals surface area contributed by atoms with Crippen LogP contribution in [0, 0.1) is 0 Å². The first-order valence-corrected chi connectivity index (χ1v) is 6.42. The number of nitrogens with one attached hydrogen (secondary N) is 1. The van der Waals surface area contributed by atoms with Crippen molar-refractivity contribution in [2.24, 2.45) is 0 Å². The maximum Gasteiger partial charge on any atom is 0.249 e. The fourth-order valence-electron chi connectivity index (χ4n) is 3.15. The Morgan fingerprint density at radius 2 is 2.19 bits per heavy atom.